The molecule has 1 heterocycles. The number of aromatic nitrogens is 4. The van der Waals surface area contributed by atoms with E-state index < -0.39 is 39.6 Å². The van der Waals surface area contributed by atoms with Crippen LogP contribution in [-0.2, 0) is 32.6 Å². The van der Waals surface area contributed by atoms with Crippen LogP contribution in [0.3, 0.4) is 0 Å². The van der Waals surface area contributed by atoms with Gasteiger partial charge in [0.15, 0.2) is 5.82 Å². The van der Waals surface area contributed by atoms with E-state index in [-0.39, 0.29) is 12.2 Å². The number of hydrogen-bond donors (Lipinski definition) is 1. The van der Waals surface area contributed by atoms with Crippen molar-refractivity contribution in [1.29, 1.82) is 0 Å². The molecule has 12 heteroatoms. The van der Waals surface area contributed by atoms with Gasteiger partial charge in [0.25, 0.3) is 10.0 Å². The minimum absolute atomic E-state index is 0.242. The average molecular weight is 515 g/mol. The van der Waals surface area contributed by atoms with Crippen molar-refractivity contribution in [3.8, 4) is 0 Å². The second-order valence-corrected chi connectivity index (χ2v) is 9.74. The minimum atomic E-state index is -4.23. The highest BCUT2D eigenvalue weighted by Gasteiger charge is 2.36. The van der Waals surface area contributed by atoms with Gasteiger partial charge in [-0.25, -0.2) is 22.2 Å². The summed E-state index contributed by atoms with van der Waals surface area (Å²) in [4.78, 5) is 28.2. The standard InChI is InChI=1S/C24H27FN6O4S/c1-4-30-22(26-28-29-30)16-21(24(33)31(17(2)3)20-12-10-19(25)11-13-20)23(32)27-36(34,35)15-14-18-8-6-5-7-9-18/h5-15,17,21H,4,16H2,1-3H3,(H,27,32). The van der Waals surface area contributed by atoms with E-state index in [4.69, 9.17) is 0 Å². The maximum absolute atomic E-state index is 13.7. The molecule has 3 rings (SSSR count). The van der Waals surface area contributed by atoms with E-state index in [1.54, 1.807) is 51.1 Å². The van der Waals surface area contributed by atoms with Crippen molar-refractivity contribution in [1.82, 2.24) is 24.9 Å². The van der Waals surface area contributed by atoms with Gasteiger partial charge < -0.3 is 4.90 Å². The fraction of sp³-hybridized carbons (Fsp3) is 0.292. The first-order valence-corrected chi connectivity index (χ1v) is 12.8. The number of benzene rings is 2. The topological polar surface area (TPSA) is 127 Å². The number of nitrogens with one attached hydrogen (secondary N) is 1. The normalized spacial score (nSPS) is 12.6. The minimum Gasteiger partial charge on any atom is -0.309 e. The summed E-state index contributed by atoms with van der Waals surface area (Å²) < 4.78 is 42.2. The van der Waals surface area contributed by atoms with Gasteiger partial charge in [-0.1, -0.05) is 30.3 Å². The summed E-state index contributed by atoms with van der Waals surface area (Å²) >= 11 is 0. The van der Waals surface area contributed by atoms with Gasteiger partial charge in [0.1, 0.15) is 11.7 Å². The number of amides is 2. The zero-order valence-corrected chi connectivity index (χ0v) is 20.9. The fourth-order valence-electron chi connectivity index (χ4n) is 3.52. The van der Waals surface area contributed by atoms with Crippen molar-refractivity contribution in [2.45, 2.75) is 39.8 Å². The molecule has 2 amide bonds. The number of halogens is 1. The largest absolute Gasteiger partial charge is 0.309 e. The van der Waals surface area contributed by atoms with Crippen molar-refractivity contribution in [3.63, 3.8) is 0 Å². The van der Waals surface area contributed by atoms with Crippen LogP contribution in [0.1, 0.15) is 32.2 Å². The SMILES string of the molecule is CCn1nnnc1CC(C(=O)NS(=O)(=O)C=Cc1ccccc1)C(=O)N(c1ccc(F)cc1)C(C)C. The Kier molecular flexibility index (Phi) is 8.64. The third kappa shape index (κ3) is 6.81. The summed E-state index contributed by atoms with van der Waals surface area (Å²) in [5.41, 5.74) is 0.975. The van der Waals surface area contributed by atoms with Gasteiger partial charge in [-0.15, -0.1) is 5.10 Å². The molecule has 0 bridgehead atoms. The Morgan fingerprint density at radius 2 is 1.78 bits per heavy atom. The number of hydrogen-bond acceptors (Lipinski definition) is 7. The summed E-state index contributed by atoms with van der Waals surface area (Å²) in [6, 6.07) is 13.5. The summed E-state index contributed by atoms with van der Waals surface area (Å²) in [7, 11) is -4.23. The van der Waals surface area contributed by atoms with Crippen LogP contribution in [-0.4, -0.2) is 46.5 Å². The van der Waals surface area contributed by atoms with Crippen LogP contribution < -0.4 is 9.62 Å². The Morgan fingerprint density at radius 3 is 2.39 bits per heavy atom. The molecule has 3 aromatic rings. The number of rotatable bonds is 10. The van der Waals surface area contributed by atoms with Gasteiger partial charge in [0.2, 0.25) is 11.8 Å². The molecule has 1 aromatic heterocycles. The molecule has 2 aromatic carbocycles. The number of anilines is 1. The lowest BCUT2D eigenvalue weighted by atomic mass is 10.0. The Bertz CT molecular complexity index is 1320. The first-order chi connectivity index (χ1) is 17.1. The number of tetrazole rings is 1. The number of sulfonamides is 1. The van der Waals surface area contributed by atoms with Gasteiger partial charge >= 0.3 is 0 Å². The van der Waals surface area contributed by atoms with Crippen LogP contribution in [0.15, 0.2) is 60.0 Å². The molecule has 0 aliphatic carbocycles. The molecule has 0 saturated heterocycles. The summed E-state index contributed by atoms with van der Waals surface area (Å²) in [5, 5.41) is 12.2. The van der Waals surface area contributed by atoms with Crippen LogP contribution in [0.2, 0.25) is 0 Å². The van der Waals surface area contributed by atoms with Crippen molar-refractivity contribution in [2.75, 3.05) is 4.90 Å². The summed E-state index contributed by atoms with van der Waals surface area (Å²) in [6.45, 7) is 5.63. The molecule has 1 atom stereocenters. The maximum Gasteiger partial charge on any atom is 0.257 e. The predicted octanol–water partition coefficient (Wildman–Crippen LogP) is 2.55. The maximum atomic E-state index is 13.7. The Morgan fingerprint density at radius 1 is 1.11 bits per heavy atom. The molecule has 190 valence electrons. The van der Waals surface area contributed by atoms with E-state index in [9.17, 15) is 22.4 Å². The number of nitrogens with zero attached hydrogens (tertiary/aromatic N) is 5. The highest BCUT2D eigenvalue weighted by molar-refractivity contribution is 7.93. The Balaban J connectivity index is 1.93. The van der Waals surface area contributed by atoms with E-state index in [1.165, 1.54) is 39.9 Å². The van der Waals surface area contributed by atoms with E-state index in [0.717, 1.165) is 5.41 Å². The average Bonchev–Trinajstić information content (AvgIpc) is 3.30. The molecular weight excluding hydrogens is 487 g/mol. The van der Waals surface area contributed by atoms with Crippen LogP contribution in [0, 0.1) is 11.7 Å². The van der Waals surface area contributed by atoms with Crippen molar-refractivity contribution >= 4 is 33.6 Å². The van der Waals surface area contributed by atoms with Crippen molar-refractivity contribution in [2.24, 2.45) is 5.92 Å². The number of aryl methyl sites for hydroxylation is 1. The van der Waals surface area contributed by atoms with E-state index in [1.807, 2.05) is 4.72 Å². The second-order valence-electron chi connectivity index (χ2n) is 8.17. The van der Waals surface area contributed by atoms with E-state index >= 15 is 0 Å². The van der Waals surface area contributed by atoms with Gasteiger partial charge in [-0.3, -0.25) is 9.59 Å². The van der Waals surface area contributed by atoms with Crippen LogP contribution in [0.25, 0.3) is 6.08 Å². The third-order valence-corrected chi connectivity index (χ3v) is 6.23. The van der Waals surface area contributed by atoms with Crippen LogP contribution in [0.5, 0.6) is 0 Å². The lowest BCUT2D eigenvalue weighted by Gasteiger charge is -2.30. The van der Waals surface area contributed by atoms with E-state index in [0.29, 0.717) is 17.8 Å². The van der Waals surface area contributed by atoms with E-state index in [2.05, 4.69) is 15.5 Å². The summed E-state index contributed by atoms with van der Waals surface area (Å²) in [5.74, 6) is -3.43. The molecule has 1 N–H and O–H groups in total. The third-order valence-electron chi connectivity index (χ3n) is 5.25. The molecule has 0 radical (unpaired) electrons. The molecule has 10 nitrogen and oxygen atoms in total. The lowest BCUT2D eigenvalue weighted by molar-refractivity contribution is -0.132. The Labute approximate surface area is 208 Å². The molecule has 36 heavy (non-hydrogen) atoms. The zero-order chi connectivity index (χ0) is 26.3. The molecule has 0 spiro atoms. The zero-order valence-electron chi connectivity index (χ0n) is 20.1. The van der Waals surface area contributed by atoms with Gasteiger partial charge in [0.05, 0.1) is 5.41 Å². The monoisotopic (exact) mass is 514 g/mol. The van der Waals surface area contributed by atoms with Gasteiger partial charge in [-0.2, -0.15) is 0 Å². The fourth-order valence-corrected chi connectivity index (χ4v) is 4.34. The van der Waals surface area contributed by atoms with Crippen LogP contribution >= 0.6 is 0 Å². The first kappa shape index (κ1) is 26.7. The smallest absolute Gasteiger partial charge is 0.257 e. The predicted molar refractivity (Wildman–Crippen MR) is 132 cm³/mol. The van der Waals surface area contributed by atoms with Gasteiger partial charge in [-0.05, 0) is 67.1 Å². The highest BCUT2D eigenvalue weighted by Crippen LogP contribution is 2.22. The van der Waals surface area contributed by atoms with Crippen LogP contribution in [0.4, 0.5) is 10.1 Å². The summed E-state index contributed by atoms with van der Waals surface area (Å²) in [6.07, 6.45) is 1.09. The molecular formula is C24H27FN6O4S. The highest BCUT2D eigenvalue weighted by atomic mass is 32.2. The Hall–Kier alpha value is -3.93. The molecule has 0 aliphatic rings. The number of carbonyl (C=O) groups excluding carboxylic acids is 2. The van der Waals surface area contributed by atoms with Crippen molar-refractivity contribution < 1.29 is 22.4 Å². The number of carbonyl (C=O) groups is 2. The first-order valence-electron chi connectivity index (χ1n) is 11.2. The lowest BCUT2D eigenvalue weighted by Crippen LogP contribution is -2.48. The molecule has 0 fully saturated rings. The molecule has 0 aliphatic heterocycles. The van der Waals surface area contributed by atoms with Gasteiger partial charge in [0, 0.05) is 24.7 Å². The quantitative estimate of drug-likeness (QED) is 0.412. The molecule has 1 unspecified atom stereocenters. The molecule has 0 saturated carbocycles. The van der Waals surface area contributed by atoms with Crippen molar-refractivity contribution in [3.05, 3.63) is 77.2 Å². The second kappa shape index (κ2) is 11.7.